The van der Waals surface area contributed by atoms with Crippen LogP contribution < -0.4 is 0 Å². The van der Waals surface area contributed by atoms with Crippen molar-refractivity contribution < 1.29 is 0 Å². The van der Waals surface area contributed by atoms with E-state index < -0.39 is 0 Å². The summed E-state index contributed by atoms with van der Waals surface area (Å²) in [6.45, 7) is 71.4. The number of nitrogens with zero attached hydrogens (tertiary/aromatic N) is 21. The van der Waals surface area contributed by atoms with Gasteiger partial charge in [0.2, 0.25) is 0 Å². The van der Waals surface area contributed by atoms with Gasteiger partial charge in [-0.25, -0.2) is 39.9 Å². The molecule has 0 aliphatic heterocycles. The second-order valence-corrected chi connectivity index (χ2v) is 16.9. The van der Waals surface area contributed by atoms with Crippen LogP contribution in [0.15, 0.2) is 240 Å². The third kappa shape index (κ3) is 116. The van der Waals surface area contributed by atoms with Crippen molar-refractivity contribution in [2.45, 2.75) is 249 Å². The topological polar surface area (TPSA) is 271 Å². The van der Waals surface area contributed by atoms with E-state index in [1.54, 1.807) is 111 Å². The molecule has 1 aromatic carbocycles. The third-order valence-electron chi connectivity index (χ3n) is 8.87. The first-order valence-electron chi connectivity index (χ1n) is 37.9. The van der Waals surface area contributed by atoms with E-state index in [0.29, 0.717) is 0 Å². The SMILES string of the molecule is CC.CC.CC.CC.CC.CC.CC.CC.CC.CC.CC.CC.Cc1ccccc1.Cc1ccccn1.Cc1cccnc1.Cc1cccnn1.Cc1ccncc1.Cc1ccncn1.Cc1ccnnc1.Cc1cnccn1.Cc1cncnc1.Cc1cncnn1.Cc1cnncn1.Cc1ncccn1. The van der Waals surface area contributed by atoms with Crippen LogP contribution in [-0.2, 0) is 0 Å². The van der Waals surface area contributed by atoms with E-state index in [2.05, 4.69) is 125 Å². The summed E-state index contributed by atoms with van der Waals surface area (Å²) in [5, 5.41) is 28.8. The molecule has 12 aromatic rings. The Morgan fingerprint density at radius 3 is 0.806 bits per heavy atom. The summed E-state index contributed by atoms with van der Waals surface area (Å²) < 4.78 is 0. The van der Waals surface area contributed by atoms with Gasteiger partial charge in [0.05, 0.1) is 41.4 Å². The second-order valence-electron chi connectivity index (χ2n) is 16.9. The summed E-state index contributed by atoms with van der Waals surface area (Å²) in [6.07, 6.45) is 37.0. The molecule has 0 spiro atoms. The van der Waals surface area contributed by atoms with Gasteiger partial charge in [0.15, 0.2) is 0 Å². The zero-order valence-electron chi connectivity index (χ0n) is 73.9. The minimum Gasteiger partial charge on any atom is -0.265 e. The maximum Gasteiger partial charge on any atom is 0.138 e. The summed E-state index contributed by atoms with van der Waals surface area (Å²) in [4.78, 5) is 49.8. The van der Waals surface area contributed by atoms with Crippen LogP contribution in [-0.4, -0.2) is 106 Å². The lowest BCUT2D eigenvalue weighted by Gasteiger charge is -1.82. The van der Waals surface area contributed by atoms with E-state index in [-0.39, 0.29) is 0 Å². The van der Waals surface area contributed by atoms with Gasteiger partial charge in [-0.1, -0.05) is 214 Å². The van der Waals surface area contributed by atoms with E-state index >= 15 is 0 Å². The lowest BCUT2D eigenvalue weighted by Crippen LogP contribution is -1.84. The van der Waals surface area contributed by atoms with Crippen LogP contribution in [0.3, 0.4) is 0 Å². The maximum absolute atomic E-state index is 3.98. The Bertz CT molecular complexity index is 2440. The molecule has 21 nitrogen and oxygen atoms in total. The van der Waals surface area contributed by atoms with Crippen molar-refractivity contribution in [1.82, 2.24) is 106 Å². The molecule has 0 amide bonds. The van der Waals surface area contributed by atoms with Gasteiger partial charge in [-0.15, -0.1) is 10.2 Å². The largest absolute Gasteiger partial charge is 0.265 e. The van der Waals surface area contributed by atoms with Gasteiger partial charge >= 0.3 is 0 Å². The Kier molecular flexibility index (Phi) is 138. The van der Waals surface area contributed by atoms with Crippen LogP contribution >= 0.6 is 0 Å². The average molecular weight is 1490 g/mol. The minimum atomic E-state index is 0.822. The highest BCUT2D eigenvalue weighted by Gasteiger charge is 1.81. The Balaban J connectivity index is -0.0000000907. The van der Waals surface area contributed by atoms with Gasteiger partial charge in [-0.05, 0) is 166 Å². The lowest BCUT2D eigenvalue weighted by atomic mass is 10.2. The van der Waals surface area contributed by atoms with Gasteiger partial charge in [-0.3, -0.25) is 24.9 Å². The number of hydrogen-bond donors (Lipinski definition) is 0. The summed E-state index contributed by atoms with van der Waals surface area (Å²) in [5.74, 6) is 0.822. The Morgan fingerprint density at radius 1 is 0.167 bits per heavy atom. The number of benzene rings is 1. The van der Waals surface area contributed by atoms with E-state index in [1.807, 2.05) is 333 Å². The van der Waals surface area contributed by atoms with Crippen LogP contribution in [0.1, 0.15) is 234 Å². The third-order valence-corrected chi connectivity index (χ3v) is 8.87. The van der Waals surface area contributed by atoms with Crippen molar-refractivity contribution >= 4 is 0 Å². The van der Waals surface area contributed by atoms with Crippen LogP contribution in [0.4, 0.5) is 0 Å². The quantitative estimate of drug-likeness (QED) is 0.136. The first-order valence-corrected chi connectivity index (χ1v) is 37.9. The van der Waals surface area contributed by atoms with Crippen molar-refractivity contribution in [3.05, 3.63) is 308 Å². The molecular weight excluding hydrogens is 1340 g/mol. The van der Waals surface area contributed by atoms with Gasteiger partial charge < -0.3 is 0 Å². The summed E-state index contributed by atoms with van der Waals surface area (Å²) in [5.41, 5.74) is 11.8. The molecule has 0 fully saturated rings. The molecule has 21 heteroatoms. The van der Waals surface area contributed by atoms with Crippen LogP contribution in [0.25, 0.3) is 0 Å². The molecule has 0 radical (unpaired) electrons. The van der Waals surface area contributed by atoms with Crippen molar-refractivity contribution in [2.75, 3.05) is 0 Å². The van der Waals surface area contributed by atoms with Crippen LogP contribution in [0, 0.1) is 83.1 Å². The molecule has 12 rings (SSSR count). The number of aromatic nitrogens is 21. The van der Waals surface area contributed by atoms with Crippen molar-refractivity contribution in [2.24, 2.45) is 0 Å². The van der Waals surface area contributed by atoms with E-state index in [1.165, 1.54) is 42.0 Å². The summed E-state index contributed by atoms with van der Waals surface area (Å²) in [6, 6.07) is 33.4. The number of rotatable bonds is 0. The molecular formula is C87H147N21. The molecule has 600 valence electrons. The average Bonchev–Trinajstić information content (AvgIpc) is 3.97. The number of pyridine rings is 3. The molecule has 0 N–H and O–H groups in total. The molecule has 0 aliphatic rings. The fourth-order valence-electron chi connectivity index (χ4n) is 4.68. The summed E-state index contributed by atoms with van der Waals surface area (Å²) in [7, 11) is 0. The van der Waals surface area contributed by atoms with Crippen molar-refractivity contribution in [3.63, 3.8) is 0 Å². The van der Waals surface area contributed by atoms with Gasteiger partial charge in [0, 0.05) is 104 Å². The first kappa shape index (κ1) is 124. The zero-order chi connectivity index (χ0) is 85.4. The van der Waals surface area contributed by atoms with E-state index in [0.717, 1.165) is 51.1 Å². The van der Waals surface area contributed by atoms with Crippen LogP contribution in [0.5, 0.6) is 0 Å². The van der Waals surface area contributed by atoms with Crippen molar-refractivity contribution in [3.8, 4) is 0 Å². The maximum atomic E-state index is 3.98. The lowest BCUT2D eigenvalue weighted by molar-refractivity contribution is 0.925. The van der Waals surface area contributed by atoms with Gasteiger partial charge in [0.1, 0.15) is 31.1 Å². The Hall–Kier alpha value is -10.8. The fourth-order valence-corrected chi connectivity index (χ4v) is 4.68. The van der Waals surface area contributed by atoms with Crippen LogP contribution in [0.2, 0.25) is 0 Å². The molecule has 0 saturated carbocycles. The smallest absolute Gasteiger partial charge is 0.138 e. The highest BCUT2D eigenvalue weighted by Crippen LogP contribution is 1.93. The molecule has 11 heterocycles. The number of hydrogen-bond acceptors (Lipinski definition) is 21. The van der Waals surface area contributed by atoms with Crippen molar-refractivity contribution in [1.29, 1.82) is 0 Å². The molecule has 0 aliphatic carbocycles. The number of aryl methyl sites for hydroxylation is 12. The van der Waals surface area contributed by atoms with E-state index in [4.69, 9.17) is 0 Å². The predicted molar refractivity (Wildman–Crippen MR) is 464 cm³/mol. The molecule has 0 atom stereocenters. The fraction of sp³-hybridized carbons (Fsp3) is 0.414. The predicted octanol–water partition coefficient (Wildman–Crippen LogP) is 23.5. The highest BCUT2D eigenvalue weighted by atomic mass is 15.1. The normalized spacial score (nSPS) is 7.44. The van der Waals surface area contributed by atoms with Gasteiger partial charge in [-0.2, -0.15) is 30.6 Å². The molecule has 0 bridgehead atoms. The Labute approximate surface area is 659 Å². The Morgan fingerprint density at radius 2 is 0.583 bits per heavy atom. The molecule has 108 heavy (non-hydrogen) atoms. The molecule has 0 unspecified atom stereocenters. The monoisotopic (exact) mass is 1490 g/mol. The second kappa shape index (κ2) is 120. The standard InChI is InChI=1S/C7H8.3C6H7N.6C5H6N2.2C4H5N3.12C2H6/c1-7-5-3-2-4-6-7;1-6-2-4-7-5-3-6;1-6-3-2-4-7-5-6;1-6-4-2-3-5-7-6;1-5-2-6-4-7-3-5;1-5-4-6-2-3-7-5;1-5-2-3-6-4-7-5;1-5-2-3-6-7-4-5;1-5-6-3-2-4-7-5;1-5-3-2-4-6-7-5;1-4-2-6-7-3-5-4;1-4-2-5-3-6-7-4;12*1-2/h2-6H,1H3;3*2-5H,1H3;6*2-4H,1H3;2*2-3H,1H3;12*1-2H3. The zero-order valence-corrected chi connectivity index (χ0v) is 73.9. The summed E-state index contributed by atoms with van der Waals surface area (Å²) >= 11 is 0. The van der Waals surface area contributed by atoms with Gasteiger partial charge in [0.25, 0.3) is 0 Å². The minimum absolute atomic E-state index is 0.822. The highest BCUT2D eigenvalue weighted by molar-refractivity contribution is 5.12. The molecule has 0 saturated heterocycles. The molecule has 11 aromatic heterocycles. The first-order chi connectivity index (χ1) is 52.7. The van der Waals surface area contributed by atoms with E-state index in [9.17, 15) is 0 Å².